The van der Waals surface area contributed by atoms with Gasteiger partial charge in [0.1, 0.15) is 0 Å². The lowest BCUT2D eigenvalue weighted by molar-refractivity contribution is -0.135. The molecular weight excluding hydrogens is 207 g/mol. The van der Waals surface area contributed by atoms with Gasteiger partial charge in [0, 0.05) is 6.92 Å². The summed E-state index contributed by atoms with van der Waals surface area (Å²) in [7, 11) is 0. The normalized spacial score (nSPS) is 5.86. The van der Waals surface area contributed by atoms with Gasteiger partial charge in [-0.2, -0.15) is 0 Å². The molecule has 0 aromatic heterocycles. The summed E-state index contributed by atoms with van der Waals surface area (Å²) in [5, 5.41) is 0. The summed E-state index contributed by atoms with van der Waals surface area (Å²) in [5.74, 6) is -0.329. The van der Waals surface area contributed by atoms with Gasteiger partial charge < -0.3 is 4.74 Å². The summed E-state index contributed by atoms with van der Waals surface area (Å²) in [6.45, 7) is 4.48. The highest BCUT2D eigenvalue weighted by atomic mass is 127. The predicted octanol–water partition coefficient (Wildman–Crippen LogP) is 1.31. The summed E-state index contributed by atoms with van der Waals surface area (Å²) in [6.07, 6.45) is 1.10. The first kappa shape index (κ1) is 10.0. The van der Waals surface area contributed by atoms with Gasteiger partial charge in [-0.3, -0.25) is 4.79 Å². The molecule has 0 fully saturated rings. The molecule has 7 heavy (non-hydrogen) atoms. The van der Waals surface area contributed by atoms with Crippen molar-refractivity contribution in [1.29, 1.82) is 0 Å². The molecule has 0 aliphatic heterocycles. The molecule has 0 rings (SSSR count). The van der Waals surface area contributed by atoms with Crippen LogP contribution in [0.15, 0.2) is 12.8 Å². The molecule has 42 valence electrons. The van der Waals surface area contributed by atoms with Crippen molar-refractivity contribution in [1.82, 2.24) is 0 Å². The molecule has 0 aromatic carbocycles. The van der Waals surface area contributed by atoms with E-state index in [0.29, 0.717) is 0 Å². The monoisotopic (exact) mass is 214 g/mol. The van der Waals surface area contributed by atoms with E-state index >= 15 is 0 Å². The van der Waals surface area contributed by atoms with E-state index in [2.05, 4.69) is 11.3 Å². The SMILES string of the molecule is C=COC(C)=O.I. The van der Waals surface area contributed by atoms with Gasteiger partial charge in [0.2, 0.25) is 0 Å². The Morgan fingerprint density at radius 3 is 2.29 bits per heavy atom. The van der Waals surface area contributed by atoms with Crippen LogP contribution >= 0.6 is 24.0 Å². The molecule has 0 aliphatic carbocycles. The quantitative estimate of drug-likeness (QED) is 0.373. The van der Waals surface area contributed by atoms with E-state index in [1.807, 2.05) is 0 Å². The molecule has 0 saturated heterocycles. The first-order valence-corrected chi connectivity index (χ1v) is 1.55. The molecule has 0 radical (unpaired) electrons. The first-order chi connectivity index (χ1) is 2.77. The van der Waals surface area contributed by atoms with Crippen molar-refractivity contribution >= 4 is 29.9 Å². The van der Waals surface area contributed by atoms with Crippen molar-refractivity contribution in [3.63, 3.8) is 0 Å². The summed E-state index contributed by atoms with van der Waals surface area (Å²) in [4.78, 5) is 9.75. The highest BCUT2D eigenvalue weighted by Gasteiger charge is 1.79. The maximum atomic E-state index is 9.75. The fourth-order valence-corrected chi connectivity index (χ4v) is 0.117. The van der Waals surface area contributed by atoms with E-state index in [0.717, 1.165) is 6.26 Å². The zero-order valence-corrected chi connectivity index (χ0v) is 6.34. The van der Waals surface area contributed by atoms with Crippen LogP contribution in [0.4, 0.5) is 0 Å². The van der Waals surface area contributed by atoms with Gasteiger partial charge >= 0.3 is 5.97 Å². The molecule has 0 aromatic rings. The third kappa shape index (κ3) is 10.7. The Kier molecular flexibility index (Phi) is 8.51. The van der Waals surface area contributed by atoms with Crippen molar-refractivity contribution < 1.29 is 9.53 Å². The van der Waals surface area contributed by atoms with E-state index in [4.69, 9.17) is 0 Å². The lowest BCUT2D eigenvalue weighted by atomic mass is 10.8. The number of esters is 1. The molecule has 0 spiro atoms. The highest BCUT2D eigenvalue weighted by molar-refractivity contribution is 14.0. The smallest absolute Gasteiger partial charge is 0.307 e. The van der Waals surface area contributed by atoms with Crippen molar-refractivity contribution in [2.24, 2.45) is 0 Å². The van der Waals surface area contributed by atoms with Crippen LogP contribution in [0.2, 0.25) is 0 Å². The fourth-order valence-electron chi connectivity index (χ4n) is 0.117. The molecule has 0 N–H and O–H groups in total. The van der Waals surface area contributed by atoms with E-state index in [1.165, 1.54) is 6.92 Å². The van der Waals surface area contributed by atoms with E-state index < -0.39 is 0 Å². The van der Waals surface area contributed by atoms with Crippen LogP contribution in [0.1, 0.15) is 6.92 Å². The molecule has 3 heteroatoms. The molecule has 0 saturated carbocycles. The summed E-state index contributed by atoms with van der Waals surface area (Å²) >= 11 is 0. The van der Waals surface area contributed by atoms with Crippen LogP contribution in [0.25, 0.3) is 0 Å². The largest absolute Gasteiger partial charge is 0.435 e. The fraction of sp³-hybridized carbons (Fsp3) is 0.250. The van der Waals surface area contributed by atoms with Crippen LogP contribution in [-0.2, 0) is 9.53 Å². The van der Waals surface area contributed by atoms with Crippen molar-refractivity contribution in [3.05, 3.63) is 12.8 Å². The third-order valence-corrected chi connectivity index (χ3v) is 0.249. The minimum Gasteiger partial charge on any atom is -0.435 e. The number of halogens is 1. The number of ether oxygens (including phenoxy) is 1. The Balaban J connectivity index is 0. The predicted molar refractivity (Wildman–Crippen MR) is 37.4 cm³/mol. The zero-order chi connectivity index (χ0) is 4.99. The van der Waals surface area contributed by atoms with Crippen LogP contribution in [-0.4, -0.2) is 5.97 Å². The van der Waals surface area contributed by atoms with Gasteiger partial charge in [-0.15, -0.1) is 24.0 Å². The Hall–Kier alpha value is -0.0600. The van der Waals surface area contributed by atoms with E-state index in [9.17, 15) is 4.79 Å². The minimum atomic E-state index is -0.329. The topological polar surface area (TPSA) is 26.3 Å². The Labute approximate surface area is 59.6 Å². The van der Waals surface area contributed by atoms with Crippen LogP contribution in [0.3, 0.4) is 0 Å². The summed E-state index contributed by atoms with van der Waals surface area (Å²) in [5.41, 5.74) is 0. The second-order valence-electron chi connectivity index (χ2n) is 0.776. The Bertz CT molecular complexity index is 70.1. The number of carbonyl (C=O) groups excluding carboxylic acids is 1. The van der Waals surface area contributed by atoms with Crippen molar-refractivity contribution in [2.75, 3.05) is 0 Å². The molecule has 0 bridgehead atoms. The highest BCUT2D eigenvalue weighted by Crippen LogP contribution is 1.70. The number of carbonyl (C=O) groups is 1. The maximum Gasteiger partial charge on any atom is 0.307 e. The van der Waals surface area contributed by atoms with E-state index in [-0.39, 0.29) is 29.9 Å². The molecule has 0 unspecified atom stereocenters. The van der Waals surface area contributed by atoms with Gasteiger partial charge in [-0.1, -0.05) is 6.58 Å². The Morgan fingerprint density at radius 1 is 1.86 bits per heavy atom. The number of rotatable bonds is 1. The van der Waals surface area contributed by atoms with Gasteiger partial charge in [0.15, 0.2) is 0 Å². The van der Waals surface area contributed by atoms with Crippen molar-refractivity contribution in [3.8, 4) is 0 Å². The first-order valence-electron chi connectivity index (χ1n) is 1.55. The Morgan fingerprint density at radius 2 is 2.29 bits per heavy atom. The van der Waals surface area contributed by atoms with Crippen molar-refractivity contribution in [2.45, 2.75) is 6.92 Å². The number of hydrogen-bond donors (Lipinski definition) is 0. The third-order valence-electron chi connectivity index (χ3n) is 0.249. The zero-order valence-electron chi connectivity index (χ0n) is 4.01. The minimum absolute atomic E-state index is 0. The molecule has 0 amide bonds. The average molecular weight is 214 g/mol. The van der Waals surface area contributed by atoms with Gasteiger partial charge in [-0.25, -0.2) is 0 Å². The molecule has 2 nitrogen and oxygen atoms in total. The number of hydrogen-bond acceptors (Lipinski definition) is 2. The van der Waals surface area contributed by atoms with Gasteiger partial charge in [0.25, 0.3) is 0 Å². The summed E-state index contributed by atoms with van der Waals surface area (Å²) < 4.78 is 4.17. The van der Waals surface area contributed by atoms with Gasteiger partial charge in [0.05, 0.1) is 6.26 Å². The van der Waals surface area contributed by atoms with Gasteiger partial charge in [-0.05, 0) is 0 Å². The van der Waals surface area contributed by atoms with E-state index in [1.54, 1.807) is 0 Å². The van der Waals surface area contributed by atoms with Crippen LogP contribution in [0.5, 0.6) is 0 Å². The second kappa shape index (κ2) is 5.94. The lowest BCUT2D eigenvalue weighted by Gasteiger charge is -1.83. The molecule has 0 heterocycles. The lowest BCUT2D eigenvalue weighted by Crippen LogP contribution is -1.87. The summed E-state index contributed by atoms with van der Waals surface area (Å²) in [6, 6.07) is 0. The standard InChI is InChI=1S/C4H6O2.HI/c1-3-6-4(2)5;/h3H,1H2,2H3;1H. The van der Waals surface area contributed by atoms with Crippen LogP contribution < -0.4 is 0 Å². The molecular formula is C4H7IO2. The van der Waals surface area contributed by atoms with Crippen LogP contribution in [0, 0.1) is 0 Å². The average Bonchev–Trinajstić information content (AvgIpc) is 1.35. The maximum absolute atomic E-state index is 9.75. The molecule has 0 aliphatic rings. The second-order valence-corrected chi connectivity index (χ2v) is 0.776. The molecule has 0 atom stereocenters.